The summed E-state index contributed by atoms with van der Waals surface area (Å²) < 4.78 is 4.58. The lowest BCUT2D eigenvalue weighted by Crippen LogP contribution is -2.25. The van der Waals surface area contributed by atoms with Crippen molar-refractivity contribution in [3.63, 3.8) is 0 Å². The van der Waals surface area contributed by atoms with Crippen molar-refractivity contribution < 1.29 is 19.1 Å². The third kappa shape index (κ3) is 4.93. The van der Waals surface area contributed by atoms with E-state index in [0.717, 1.165) is 0 Å². The summed E-state index contributed by atoms with van der Waals surface area (Å²) >= 11 is 0. The fourth-order valence-electron chi connectivity index (χ4n) is 1.48. The minimum absolute atomic E-state index is 0.0484. The van der Waals surface area contributed by atoms with Gasteiger partial charge in [0.25, 0.3) is 0 Å². The molecule has 0 atom stereocenters. The van der Waals surface area contributed by atoms with Gasteiger partial charge in [0.15, 0.2) is 0 Å². The zero-order chi connectivity index (χ0) is 15.1. The summed E-state index contributed by atoms with van der Waals surface area (Å²) in [6, 6.07) is 6.79. The van der Waals surface area contributed by atoms with Gasteiger partial charge in [-0.3, -0.25) is 9.59 Å². The molecule has 0 heterocycles. The van der Waals surface area contributed by atoms with Crippen LogP contribution in [0.15, 0.2) is 30.0 Å². The van der Waals surface area contributed by atoms with Gasteiger partial charge in [-0.1, -0.05) is 12.1 Å². The molecule has 1 aromatic carbocycles. The molecule has 106 valence electrons. The first kappa shape index (κ1) is 15.4. The van der Waals surface area contributed by atoms with E-state index in [2.05, 4.69) is 15.4 Å². The van der Waals surface area contributed by atoms with Crippen molar-refractivity contribution in [3.05, 3.63) is 35.5 Å². The third-order valence-corrected chi connectivity index (χ3v) is 2.26. The number of esters is 1. The molecule has 1 aromatic rings. The second-order valence-corrected chi connectivity index (χ2v) is 4.03. The molecule has 2 amide bonds. The molecule has 0 spiro atoms. The lowest BCUT2D eigenvalue weighted by atomic mass is 10.1. The average Bonchev–Trinajstić information content (AvgIpc) is 2.38. The summed E-state index contributed by atoms with van der Waals surface area (Å²) in [7, 11) is 1.23. The molecule has 0 fully saturated rings. The van der Waals surface area contributed by atoms with Crippen LogP contribution in [0.3, 0.4) is 0 Å². The maximum Gasteiger partial charge on any atom is 0.354 e. The number of hydrogen-bond donors (Lipinski definition) is 2. The molecule has 1 rings (SSSR count). The Labute approximate surface area is 116 Å². The van der Waals surface area contributed by atoms with Crippen molar-refractivity contribution in [2.24, 2.45) is 0 Å². The van der Waals surface area contributed by atoms with E-state index < -0.39 is 5.97 Å². The molecule has 0 bridgehead atoms. The van der Waals surface area contributed by atoms with Crippen molar-refractivity contribution in [1.82, 2.24) is 5.32 Å². The second-order valence-electron chi connectivity index (χ2n) is 4.03. The van der Waals surface area contributed by atoms with Gasteiger partial charge < -0.3 is 15.4 Å². The quantitative estimate of drug-likeness (QED) is 0.641. The van der Waals surface area contributed by atoms with Crippen LogP contribution in [0.5, 0.6) is 0 Å². The molecule has 20 heavy (non-hydrogen) atoms. The highest BCUT2D eigenvalue weighted by Crippen LogP contribution is 2.12. The lowest BCUT2D eigenvalue weighted by Gasteiger charge is -2.06. The van der Waals surface area contributed by atoms with Gasteiger partial charge in [0.1, 0.15) is 5.70 Å². The fourth-order valence-corrected chi connectivity index (χ4v) is 1.48. The summed E-state index contributed by atoms with van der Waals surface area (Å²) in [5, 5.41) is 5.03. The molecular weight excluding hydrogens is 260 g/mol. The SMILES string of the molecule is COC(=O)C(=Cc1ccc(NC(C)=O)cc1)NC(C)=O. The lowest BCUT2D eigenvalue weighted by molar-refractivity contribution is -0.137. The number of benzene rings is 1. The van der Waals surface area contributed by atoms with Gasteiger partial charge in [0.05, 0.1) is 7.11 Å². The molecule has 0 unspecified atom stereocenters. The summed E-state index contributed by atoms with van der Waals surface area (Å²) in [5.74, 6) is -1.16. The summed E-state index contributed by atoms with van der Waals surface area (Å²) in [6.07, 6.45) is 1.49. The largest absolute Gasteiger partial charge is 0.464 e. The molecule has 0 saturated carbocycles. The molecule has 0 aliphatic rings. The Morgan fingerprint density at radius 3 is 2.10 bits per heavy atom. The van der Waals surface area contributed by atoms with Crippen molar-refractivity contribution >= 4 is 29.5 Å². The highest BCUT2D eigenvalue weighted by Gasteiger charge is 2.10. The smallest absolute Gasteiger partial charge is 0.354 e. The van der Waals surface area contributed by atoms with Crippen LogP contribution >= 0.6 is 0 Å². The molecule has 0 aliphatic heterocycles. The molecule has 2 N–H and O–H groups in total. The van der Waals surface area contributed by atoms with Gasteiger partial charge in [-0.05, 0) is 23.8 Å². The number of hydrogen-bond acceptors (Lipinski definition) is 4. The van der Waals surface area contributed by atoms with E-state index in [1.165, 1.54) is 27.0 Å². The van der Waals surface area contributed by atoms with Gasteiger partial charge in [-0.15, -0.1) is 0 Å². The number of ether oxygens (including phenoxy) is 1. The molecule has 6 heteroatoms. The first-order valence-electron chi connectivity index (χ1n) is 5.87. The Balaban J connectivity index is 2.95. The fraction of sp³-hybridized carbons (Fsp3) is 0.214. The second kappa shape index (κ2) is 7.08. The van der Waals surface area contributed by atoms with Gasteiger partial charge in [0, 0.05) is 19.5 Å². The third-order valence-electron chi connectivity index (χ3n) is 2.26. The van der Waals surface area contributed by atoms with E-state index in [0.29, 0.717) is 11.3 Å². The Kier molecular flexibility index (Phi) is 5.46. The highest BCUT2D eigenvalue weighted by atomic mass is 16.5. The summed E-state index contributed by atoms with van der Waals surface area (Å²) in [6.45, 7) is 2.72. The van der Waals surface area contributed by atoms with Crippen molar-refractivity contribution in [2.45, 2.75) is 13.8 Å². The van der Waals surface area contributed by atoms with Gasteiger partial charge in [-0.2, -0.15) is 0 Å². The number of carbonyl (C=O) groups excluding carboxylic acids is 3. The van der Waals surface area contributed by atoms with Gasteiger partial charge in [-0.25, -0.2) is 4.79 Å². The van der Waals surface area contributed by atoms with Crippen LogP contribution in [0.4, 0.5) is 5.69 Å². The Morgan fingerprint density at radius 1 is 1.05 bits per heavy atom. The van der Waals surface area contributed by atoms with Crippen LogP contribution in [-0.4, -0.2) is 24.9 Å². The number of nitrogens with one attached hydrogen (secondary N) is 2. The van der Waals surface area contributed by atoms with E-state index in [-0.39, 0.29) is 17.5 Å². The molecular formula is C14H16N2O4. The predicted octanol–water partition coefficient (Wildman–Crippen LogP) is 1.29. The molecule has 6 nitrogen and oxygen atoms in total. The van der Waals surface area contributed by atoms with E-state index >= 15 is 0 Å². The first-order valence-corrected chi connectivity index (χ1v) is 5.87. The van der Waals surface area contributed by atoms with Crippen LogP contribution in [-0.2, 0) is 19.1 Å². The maximum atomic E-state index is 11.5. The van der Waals surface area contributed by atoms with E-state index in [1.54, 1.807) is 24.3 Å². The standard InChI is InChI=1S/C14H16N2O4/c1-9(17)15-12-6-4-11(5-7-12)8-13(14(19)20-3)16-10(2)18/h4-8H,1-3H3,(H,15,17)(H,16,18). The van der Waals surface area contributed by atoms with Gasteiger partial charge >= 0.3 is 5.97 Å². The molecule has 0 radical (unpaired) electrons. The highest BCUT2D eigenvalue weighted by molar-refractivity contribution is 5.97. The van der Waals surface area contributed by atoms with Crippen LogP contribution in [0.25, 0.3) is 6.08 Å². The predicted molar refractivity (Wildman–Crippen MR) is 74.6 cm³/mol. The van der Waals surface area contributed by atoms with Crippen molar-refractivity contribution in [3.8, 4) is 0 Å². The maximum absolute atomic E-state index is 11.5. The zero-order valence-electron chi connectivity index (χ0n) is 11.5. The van der Waals surface area contributed by atoms with Crippen molar-refractivity contribution in [1.29, 1.82) is 0 Å². The van der Waals surface area contributed by atoms with E-state index in [1.807, 2.05) is 0 Å². The molecule has 0 aromatic heterocycles. The van der Waals surface area contributed by atoms with Crippen LogP contribution in [0.2, 0.25) is 0 Å². The van der Waals surface area contributed by atoms with E-state index in [4.69, 9.17) is 0 Å². The average molecular weight is 276 g/mol. The topological polar surface area (TPSA) is 84.5 Å². The zero-order valence-corrected chi connectivity index (χ0v) is 11.5. The minimum atomic E-state index is -0.633. The number of rotatable bonds is 4. The summed E-state index contributed by atoms with van der Waals surface area (Å²) in [5.41, 5.74) is 1.38. The van der Waals surface area contributed by atoms with Crippen molar-refractivity contribution in [2.75, 3.05) is 12.4 Å². The first-order chi connectivity index (χ1) is 9.42. The van der Waals surface area contributed by atoms with Crippen LogP contribution in [0, 0.1) is 0 Å². The van der Waals surface area contributed by atoms with E-state index in [9.17, 15) is 14.4 Å². The number of amides is 2. The number of methoxy groups -OCH3 is 1. The van der Waals surface area contributed by atoms with Crippen LogP contribution in [0.1, 0.15) is 19.4 Å². The number of carbonyl (C=O) groups is 3. The van der Waals surface area contributed by atoms with Gasteiger partial charge in [0.2, 0.25) is 11.8 Å². The Morgan fingerprint density at radius 2 is 1.65 bits per heavy atom. The Hall–Kier alpha value is -2.63. The number of anilines is 1. The Bertz CT molecular complexity index is 547. The van der Waals surface area contributed by atoms with Crippen LogP contribution < -0.4 is 10.6 Å². The normalized spacial score (nSPS) is 10.7. The minimum Gasteiger partial charge on any atom is -0.464 e. The molecule has 0 saturated heterocycles. The molecule has 0 aliphatic carbocycles. The monoisotopic (exact) mass is 276 g/mol. The summed E-state index contributed by atoms with van der Waals surface area (Å²) in [4.78, 5) is 33.4.